The van der Waals surface area contributed by atoms with Crippen LogP contribution in [0, 0.1) is 0 Å². The molecule has 5 rings (SSSR count). The number of aliphatic hydroxyl groups is 1. The number of aromatic nitrogens is 3. The van der Waals surface area contributed by atoms with Crippen molar-refractivity contribution in [1.82, 2.24) is 25.0 Å². The third-order valence-electron chi connectivity index (χ3n) is 7.96. The average Bonchev–Trinajstić information content (AvgIpc) is 3.27. The van der Waals surface area contributed by atoms with E-state index < -0.39 is 5.60 Å². The van der Waals surface area contributed by atoms with Crippen molar-refractivity contribution in [3.8, 4) is 0 Å². The van der Waals surface area contributed by atoms with Gasteiger partial charge in [0, 0.05) is 43.1 Å². The second kappa shape index (κ2) is 9.18. The number of carbonyl (C=O) groups is 1. The summed E-state index contributed by atoms with van der Waals surface area (Å²) in [5.74, 6) is 3.30. The van der Waals surface area contributed by atoms with Gasteiger partial charge in [-0.15, -0.1) is 10.2 Å². The quantitative estimate of drug-likeness (QED) is 0.723. The highest BCUT2D eigenvalue weighted by atomic mass is 16.3. The number of amides is 1. The summed E-state index contributed by atoms with van der Waals surface area (Å²) in [4.78, 5) is 21.2. The maximum absolute atomic E-state index is 13.0. The molecule has 2 N–H and O–H groups in total. The molecule has 178 valence electrons. The van der Waals surface area contributed by atoms with Crippen molar-refractivity contribution in [2.45, 2.75) is 82.3 Å². The molecule has 1 unspecified atom stereocenters. The predicted octanol–water partition coefficient (Wildman–Crippen LogP) is 3.78. The van der Waals surface area contributed by atoms with E-state index in [0.717, 1.165) is 56.2 Å². The van der Waals surface area contributed by atoms with Crippen LogP contribution in [0.3, 0.4) is 0 Å². The number of nitrogens with zero attached hydrogens (tertiary/aromatic N) is 4. The molecule has 0 spiro atoms. The lowest BCUT2D eigenvalue weighted by molar-refractivity contribution is 0.0567. The lowest BCUT2D eigenvalue weighted by atomic mass is 9.85. The molecule has 2 aromatic rings. The average molecular weight is 452 g/mol. The maximum Gasteiger partial charge on any atom is 0.253 e. The molecule has 33 heavy (non-hydrogen) atoms. The third kappa shape index (κ3) is 4.85. The number of piperidine rings is 2. The number of benzene rings is 1. The van der Waals surface area contributed by atoms with Gasteiger partial charge in [-0.2, -0.15) is 0 Å². The highest BCUT2D eigenvalue weighted by molar-refractivity contribution is 5.94. The van der Waals surface area contributed by atoms with Gasteiger partial charge in [-0.25, -0.2) is 0 Å². The molecule has 2 aliphatic heterocycles. The summed E-state index contributed by atoms with van der Waals surface area (Å²) in [5.41, 5.74) is 0.632. The van der Waals surface area contributed by atoms with E-state index in [1.54, 1.807) is 13.8 Å². The van der Waals surface area contributed by atoms with E-state index in [0.29, 0.717) is 23.4 Å². The van der Waals surface area contributed by atoms with E-state index in [1.165, 1.54) is 32.1 Å². The van der Waals surface area contributed by atoms with Gasteiger partial charge in [-0.05, 0) is 76.6 Å². The molecule has 2 saturated heterocycles. The van der Waals surface area contributed by atoms with Gasteiger partial charge < -0.3 is 15.0 Å². The first kappa shape index (κ1) is 22.5. The van der Waals surface area contributed by atoms with Gasteiger partial charge in [0.25, 0.3) is 5.91 Å². The van der Waals surface area contributed by atoms with Crippen LogP contribution in [0.1, 0.15) is 98.2 Å². The Balaban J connectivity index is 1.15. The van der Waals surface area contributed by atoms with E-state index in [1.807, 2.05) is 29.2 Å². The van der Waals surface area contributed by atoms with Crippen LogP contribution in [0.5, 0.6) is 0 Å². The summed E-state index contributed by atoms with van der Waals surface area (Å²) in [5, 5.41) is 19.1. The Bertz CT molecular complexity index is 952. The van der Waals surface area contributed by atoms with E-state index in [2.05, 4.69) is 20.1 Å². The number of carbonyl (C=O) groups excluding carboxylic acids is 1. The third-order valence-corrected chi connectivity index (χ3v) is 7.96. The number of hydrogen-bond donors (Lipinski definition) is 2. The van der Waals surface area contributed by atoms with Crippen LogP contribution in [0.15, 0.2) is 24.3 Å². The molecule has 1 aromatic carbocycles. The van der Waals surface area contributed by atoms with Gasteiger partial charge in [-0.3, -0.25) is 9.69 Å². The molecule has 3 aliphatic rings. The number of nitrogens with one attached hydrogen (secondary N) is 1. The van der Waals surface area contributed by atoms with Crippen LogP contribution < -0.4 is 0 Å². The van der Waals surface area contributed by atoms with Crippen molar-refractivity contribution in [3.05, 3.63) is 47.0 Å². The summed E-state index contributed by atoms with van der Waals surface area (Å²) >= 11 is 0. The molecule has 1 saturated carbocycles. The number of likely N-dealkylation sites (tertiary alicyclic amines) is 2. The zero-order valence-corrected chi connectivity index (χ0v) is 20.0. The minimum Gasteiger partial charge on any atom is -0.386 e. The molecule has 3 fully saturated rings. The Hall–Kier alpha value is -2.25. The van der Waals surface area contributed by atoms with Crippen molar-refractivity contribution < 1.29 is 9.90 Å². The monoisotopic (exact) mass is 451 g/mol. The molecule has 7 heteroatoms. The Labute approximate surface area is 196 Å². The molecule has 1 aromatic heterocycles. The second-order valence-corrected chi connectivity index (χ2v) is 10.7. The SMILES string of the molecule is CC(C)(O)c1ccc(C(=O)N2CCC(N3CCCC(c4nnc(C5CCC5)[nH]4)C3)CC2)cc1. The van der Waals surface area contributed by atoms with Gasteiger partial charge in [0.1, 0.15) is 11.6 Å². The Morgan fingerprint density at radius 2 is 1.58 bits per heavy atom. The van der Waals surface area contributed by atoms with Crippen LogP contribution in [0.2, 0.25) is 0 Å². The fourth-order valence-corrected chi connectivity index (χ4v) is 5.54. The molecule has 1 amide bonds. The van der Waals surface area contributed by atoms with Gasteiger partial charge in [0.2, 0.25) is 0 Å². The topological polar surface area (TPSA) is 85.3 Å². The van der Waals surface area contributed by atoms with Crippen molar-refractivity contribution >= 4 is 5.91 Å². The van der Waals surface area contributed by atoms with Crippen molar-refractivity contribution in [2.75, 3.05) is 26.2 Å². The summed E-state index contributed by atoms with van der Waals surface area (Å²) in [7, 11) is 0. The summed E-state index contributed by atoms with van der Waals surface area (Å²) < 4.78 is 0. The van der Waals surface area contributed by atoms with Gasteiger partial charge in [-0.1, -0.05) is 18.6 Å². The highest BCUT2D eigenvalue weighted by Crippen LogP contribution is 2.35. The number of aromatic amines is 1. The zero-order chi connectivity index (χ0) is 23.0. The molecule has 0 bridgehead atoms. The Kier molecular flexibility index (Phi) is 6.27. The molecule has 1 atom stereocenters. The van der Waals surface area contributed by atoms with Crippen LogP contribution in [0.25, 0.3) is 0 Å². The lowest BCUT2D eigenvalue weighted by Gasteiger charge is -2.42. The van der Waals surface area contributed by atoms with E-state index in [-0.39, 0.29) is 5.91 Å². The largest absolute Gasteiger partial charge is 0.386 e. The normalized spacial score (nSPS) is 23.5. The standard InChI is InChI=1S/C26H37N5O2/c1-26(2,33)21-10-8-19(9-11-21)25(32)30-15-12-22(13-16-30)31-14-4-7-20(17-31)24-27-23(28-29-24)18-5-3-6-18/h8-11,18,20,22,33H,3-7,12-17H2,1-2H3,(H,27,28,29). The maximum atomic E-state index is 13.0. The minimum absolute atomic E-state index is 0.0949. The van der Waals surface area contributed by atoms with E-state index >= 15 is 0 Å². The van der Waals surface area contributed by atoms with E-state index in [4.69, 9.17) is 0 Å². The van der Waals surface area contributed by atoms with Crippen molar-refractivity contribution in [1.29, 1.82) is 0 Å². The van der Waals surface area contributed by atoms with Crippen LogP contribution in [-0.4, -0.2) is 68.2 Å². The van der Waals surface area contributed by atoms with Gasteiger partial charge >= 0.3 is 0 Å². The molecule has 7 nitrogen and oxygen atoms in total. The fraction of sp³-hybridized carbons (Fsp3) is 0.654. The summed E-state index contributed by atoms with van der Waals surface area (Å²) in [6.45, 7) is 7.29. The molecular weight excluding hydrogens is 414 g/mol. The molecular formula is C26H37N5O2. The fourth-order valence-electron chi connectivity index (χ4n) is 5.54. The first-order valence-electron chi connectivity index (χ1n) is 12.7. The smallest absolute Gasteiger partial charge is 0.253 e. The Morgan fingerprint density at radius 1 is 0.939 bits per heavy atom. The number of H-pyrrole nitrogens is 1. The minimum atomic E-state index is -0.892. The van der Waals surface area contributed by atoms with Gasteiger partial charge in [0.05, 0.1) is 5.60 Å². The van der Waals surface area contributed by atoms with Crippen molar-refractivity contribution in [2.24, 2.45) is 0 Å². The predicted molar refractivity (Wildman–Crippen MR) is 127 cm³/mol. The first-order chi connectivity index (χ1) is 15.9. The van der Waals surface area contributed by atoms with Crippen LogP contribution >= 0.6 is 0 Å². The highest BCUT2D eigenvalue weighted by Gasteiger charge is 2.33. The number of rotatable bonds is 5. The summed E-state index contributed by atoms with van der Waals surface area (Å²) in [6, 6.07) is 7.92. The molecule has 3 heterocycles. The van der Waals surface area contributed by atoms with Gasteiger partial charge in [0.15, 0.2) is 0 Å². The second-order valence-electron chi connectivity index (χ2n) is 10.7. The molecule has 1 aliphatic carbocycles. The van der Waals surface area contributed by atoms with Crippen LogP contribution in [0.4, 0.5) is 0 Å². The van der Waals surface area contributed by atoms with Crippen LogP contribution in [-0.2, 0) is 5.60 Å². The van der Waals surface area contributed by atoms with Crippen molar-refractivity contribution in [3.63, 3.8) is 0 Å². The Morgan fingerprint density at radius 3 is 2.18 bits per heavy atom. The van der Waals surface area contributed by atoms with E-state index in [9.17, 15) is 9.90 Å². The number of hydrogen-bond acceptors (Lipinski definition) is 5. The zero-order valence-electron chi connectivity index (χ0n) is 20.0. The first-order valence-corrected chi connectivity index (χ1v) is 12.7. The lowest BCUT2D eigenvalue weighted by Crippen LogP contribution is -2.49. The summed E-state index contributed by atoms with van der Waals surface area (Å²) in [6.07, 6.45) is 8.20. The molecule has 0 radical (unpaired) electrons.